The van der Waals surface area contributed by atoms with Gasteiger partial charge in [-0.15, -0.1) is 0 Å². The third-order valence-electron chi connectivity index (χ3n) is 4.68. The van der Waals surface area contributed by atoms with Gasteiger partial charge in [0.2, 0.25) is 0 Å². The zero-order valence-electron chi connectivity index (χ0n) is 15.5. The molecule has 0 aliphatic heterocycles. The molecule has 9 heteroatoms. The molecule has 4 rings (SSSR count). The van der Waals surface area contributed by atoms with Crippen molar-refractivity contribution in [3.05, 3.63) is 77.9 Å². The maximum Gasteiger partial charge on any atom is 0.0988 e. The highest BCUT2D eigenvalue weighted by Gasteiger charge is 2.12. The van der Waals surface area contributed by atoms with Gasteiger partial charge in [0.1, 0.15) is 0 Å². The van der Waals surface area contributed by atoms with Crippen molar-refractivity contribution in [2.24, 2.45) is 0 Å². The van der Waals surface area contributed by atoms with E-state index in [1.807, 2.05) is 24.3 Å². The van der Waals surface area contributed by atoms with Crippen LogP contribution in [0.15, 0.2) is 66.7 Å². The third-order valence-corrected chi connectivity index (χ3v) is 6.05. The Morgan fingerprint density at radius 3 is 1.93 bits per heavy atom. The zero-order chi connectivity index (χ0) is 21.5. The highest BCUT2D eigenvalue weighted by Crippen LogP contribution is 2.33. The van der Waals surface area contributed by atoms with E-state index >= 15 is 0 Å². The van der Waals surface area contributed by atoms with Crippen LogP contribution in [0.1, 0.15) is 11.1 Å². The Morgan fingerprint density at radius 1 is 0.667 bits per heavy atom. The van der Waals surface area contributed by atoms with Gasteiger partial charge in [0.05, 0.1) is 43.0 Å². The number of pyridine rings is 1. The van der Waals surface area contributed by atoms with Gasteiger partial charge in [-0.25, -0.2) is 21.8 Å². The van der Waals surface area contributed by atoms with Crippen molar-refractivity contribution >= 4 is 41.9 Å². The smallest absolute Gasteiger partial charge is 0.0988 e. The predicted octanol–water partition coefficient (Wildman–Crippen LogP) is 3.15. The Labute approximate surface area is 173 Å². The molecule has 4 aromatic rings. The monoisotopic (exact) mass is 441 g/mol. The average Bonchev–Trinajstić information content (AvgIpc) is 2.65. The van der Waals surface area contributed by atoms with E-state index in [2.05, 4.69) is 0 Å². The lowest BCUT2D eigenvalue weighted by Crippen LogP contribution is -2.02. The lowest BCUT2D eigenvalue weighted by atomic mass is 9.98. The van der Waals surface area contributed by atoms with Crippen molar-refractivity contribution in [2.45, 2.75) is 11.5 Å². The second kappa shape index (κ2) is 7.44. The van der Waals surface area contributed by atoms with Gasteiger partial charge in [-0.2, -0.15) is 0 Å². The molecule has 30 heavy (non-hydrogen) atoms. The first-order valence-electron chi connectivity index (χ1n) is 8.87. The second-order valence-corrected chi connectivity index (χ2v) is 9.77. The maximum atomic E-state index is 11.2. The highest BCUT2D eigenvalue weighted by molar-refractivity contribution is 7.85. The summed E-state index contributed by atoms with van der Waals surface area (Å²) in [5.41, 5.74) is 2.78. The Kier molecular flexibility index (Phi) is 5.07. The summed E-state index contributed by atoms with van der Waals surface area (Å²) in [7, 11) is -8.80. The summed E-state index contributed by atoms with van der Waals surface area (Å²) < 4.78 is 66.5. The first-order chi connectivity index (χ1) is 14.1. The minimum atomic E-state index is -4.42. The maximum absolute atomic E-state index is 11.2. The summed E-state index contributed by atoms with van der Waals surface area (Å²) in [6.45, 7) is 0. The molecule has 0 N–H and O–H groups in total. The van der Waals surface area contributed by atoms with Crippen molar-refractivity contribution in [3.63, 3.8) is 0 Å². The van der Waals surface area contributed by atoms with E-state index in [1.54, 1.807) is 42.5 Å². The quantitative estimate of drug-likeness (QED) is 0.344. The molecule has 1 heterocycles. The fourth-order valence-corrected chi connectivity index (χ4v) is 4.67. The summed E-state index contributed by atoms with van der Waals surface area (Å²) in [4.78, 5) is 4.72. The molecular weight excluding hydrogens is 426 g/mol. The molecule has 0 aliphatic rings. The van der Waals surface area contributed by atoms with Crippen LogP contribution in [-0.4, -0.2) is 30.9 Å². The van der Waals surface area contributed by atoms with Gasteiger partial charge in [0.15, 0.2) is 0 Å². The van der Waals surface area contributed by atoms with Gasteiger partial charge in [-0.1, -0.05) is 54.6 Å². The number of nitrogens with zero attached hydrogens (tertiary/aromatic N) is 1. The summed E-state index contributed by atoms with van der Waals surface area (Å²) in [5, 5.41) is 2.32. The molecule has 0 aliphatic carbocycles. The van der Waals surface area contributed by atoms with Crippen molar-refractivity contribution in [1.29, 1.82) is 0 Å². The molecule has 3 aromatic carbocycles. The normalized spacial score (nSPS) is 12.5. The van der Waals surface area contributed by atoms with Gasteiger partial charge in [-0.05, 0) is 28.6 Å². The second-order valence-electron chi connectivity index (χ2n) is 6.96. The van der Waals surface area contributed by atoms with Crippen LogP contribution in [-0.2, 0) is 31.7 Å². The van der Waals surface area contributed by atoms with Crippen LogP contribution >= 0.6 is 0 Å². The number of rotatable bonds is 5. The predicted molar refractivity (Wildman–Crippen MR) is 111 cm³/mol. The molecule has 0 unspecified atom stereocenters. The lowest BCUT2D eigenvalue weighted by molar-refractivity contribution is 0.459. The summed E-state index contributed by atoms with van der Waals surface area (Å²) >= 11 is 0. The van der Waals surface area contributed by atoms with Crippen LogP contribution in [0, 0.1) is 0 Å². The third kappa shape index (κ3) is 4.49. The van der Waals surface area contributed by atoms with Crippen LogP contribution in [0.3, 0.4) is 0 Å². The van der Waals surface area contributed by atoms with Gasteiger partial charge in [0.25, 0.3) is 0 Å². The standard InChI is InChI=1S/C21H17NO6S2/c23-29(24,25)12-14-5-8-16(9-6-14)21-18-10-7-15(13-30(26,27)28)11-19(18)17-3-1-2-4-20(17)22-21/h1-11H,12-13H2,(H,23,24,25)(H,26,27,28)/p-2. The number of para-hydroxylation sites is 1. The number of hydrogen-bond donors (Lipinski definition) is 0. The fourth-order valence-electron chi connectivity index (χ4n) is 3.48. The average molecular weight is 441 g/mol. The summed E-state index contributed by atoms with van der Waals surface area (Å²) in [6, 6.07) is 18.8. The van der Waals surface area contributed by atoms with E-state index < -0.39 is 31.7 Å². The van der Waals surface area contributed by atoms with E-state index in [9.17, 15) is 25.9 Å². The molecule has 0 spiro atoms. The van der Waals surface area contributed by atoms with Crippen molar-refractivity contribution in [3.8, 4) is 11.3 Å². The first kappa shape index (κ1) is 20.4. The van der Waals surface area contributed by atoms with Crippen LogP contribution in [0.2, 0.25) is 0 Å². The minimum Gasteiger partial charge on any atom is -0.748 e. The topological polar surface area (TPSA) is 127 Å². The van der Waals surface area contributed by atoms with Crippen molar-refractivity contribution < 1.29 is 25.9 Å². The van der Waals surface area contributed by atoms with Crippen LogP contribution in [0.5, 0.6) is 0 Å². The highest BCUT2D eigenvalue weighted by atomic mass is 32.2. The molecule has 1 aromatic heterocycles. The Bertz CT molecular complexity index is 1480. The molecule has 0 atom stereocenters. The fraction of sp³-hybridized carbons (Fsp3) is 0.0952. The van der Waals surface area contributed by atoms with E-state index in [-0.39, 0.29) is 0 Å². The Hall–Kier alpha value is -2.85. The molecule has 0 saturated carbocycles. The molecule has 154 valence electrons. The molecule has 0 saturated heterocycles. The van der Waals surface area contributed by atoms with Gasteiger partial charge in [-0.3, -0.25) is 0 Å². The van der Waals surface area contributed by atoms with Gasteiger partial charge in [0, 0.05) is 16.3 Å². The number of hydrogen-bond acceptors (Lipinski definition) is 7. The van der Waals surface area contributed by atoms with Gasteiger partial charge >= 0.3 is 0 Å². The van der Waals surface area contributed by atoms with E-state index in [1.165, 1.54) is 0 Å². The number of benzene rings is 3. The molecular formula is C21H15NO6S2-2. The lowest BCUT2D eigenvalue weighted by Gasteiger charge is -2.13. The van der Waals surface area contributed by atoms with Crippen LogP contribution < -0.4 is 0 Å². The number of aromatic nitrogens is 1. The van der Waals surface area contributed by atoms with E-state index in [4.69, 9.17) is 4.98 Å². The van der Waals surface area contributed by atoms with E-state index in [0.717, 1.165) is 16.2 Å². The minimum absolute atomic E-state index is 0.377. The molecule has 0 bridgehead atoms. The largest absolute Gasteiger partial charge is 0.748 e. The molecule has 7 nitrogen and oxygen atoms in total. The molecule has 0 amide bonds. The van der Waals surface area contributed by atoms with Crippen molar-refractivity contribution in [2.75, 3.05) is 0 Å². The van der Waals surface area contributed by atoms with Crippen LogP contribution in [0.25, 0.3) is 32.9 Å². The van der Waals surface area contributed by atoms with Gasteiger partial charge < -0.3 is 9.11 Å². The molecule has 0 radical (unpaired) electrons. The summed E-state index contributed by atoms with van der Waals surface area (Å²) in [5.74, 6) is -1.19. The first-order valence-corrected chi connectivity index (χ1v) is 12.0. The van der Waals surface area contributed by atoms with Crippen LogP contribution in [0.4, 0.5) is 0 Å². The van der Waals surface area contributed by atoms with E-state index in [0.29, 0.717) is 27.9 Å². The Balaban J connectivity index is 1.91. The summed E-state index contributed by atoms with van der Waals surface area (Å²) in [6.07, 6.45) is 0. The molecule has 0 fully saturated rings. The Morgan fingerprint density at radius 2 is 1.27 bits per heavy atom. The SMILES string of the molecule is O=S(=O)([O-])Cc1ccc(-c2nc3ccccc3c3cc(CS(=O)(=O)[O-])ccc23)cc1. The zero-order valence-corrected chi connectivity index (χ0v) is 17.1. The number of fused-ring (bicyclic) bond motifs is 3. The van der Waals surface area contributed by atoms with Crippen molar-refractivity contribution in [1.82, 2.24) is 4.98 Å².